The van der Waals surface area contributed by atoms with E-state index in [9.17, 15) is 0 Å². The molecule has 0 atom stereocenters. The lowest BCUT2D eigenvalue weighted by atomic mass is 10.2. The van der Waals surface area contributed by atoms with Crippen LogP contribution in [-0.2, 0) is 26.4 Å². The summed E-state index contributed by atoms with van der Waals surface area (Å²) in [5, 5.41) is 8.08. The summed E-state index contributed by atoms with van der Waals surface area (Å²) in [4.78, 5) is 0. The molecule has 4 rings (SSSR count). The fourth-order valence-corrected chi connectivity index (χ4v) is 3.40. The molecule has 0 saturated heterocycles. The molecular weight excluding hydrogens is 270 g/mol. The average molecular weight is 285 g/mol. The van der Waals surface area contributed by atoms with Crippen LogP contribution in [0.25, 0.3) is 11.0 Å². The predicted molar refractivity (Wildman–Crippen MR) is 80.0 cm³/mol. The number of rotatable bonds is 3. The minimum Gasteiger partial charge on any atom is -0.379 e. The quantitative estimate of drug-likeness (QED) is 0.803. The first-order chi connectivity index (χ1) is 9.81. The van der Waals surface area contributed by atoms with Gasteiger partial charge in [0, 0.05) is 12.7 Å². The Hall–Kier alpha value is -1.95. The Morgan fingerprint density at radius 1 is 1.25 bits per heavy atom. The molecule has 2 aromatic heterocycles. The van der Waals surface area contributed by atoms with Gasteiger partial charge < -0.3 is 5.32 Å². The van der Waals surface area contributed by atoms with Crippen LogP contribution in [-0.4, -0.2) is 18.5 Å². The molecule has 0 unspecified atom stereocenters. The van der Waals surface area contributed by atoms with Gasteiger partial charge in [0.25, 0.3) is 0 Å². The van der Waals surface area contributed by atoms with Crippen molar-refractivity contribution in [2.75, 3.05) is 5.32 Å². The summed E-state index contributed by atoms with van der Waals surface area (Å²) in [5.74, 6) is 0. The smallest absolute Gasteiger partial charge is 0.106 e. The molecule has 3 aromatic rings. The molecule has 0 radical (unpaired) electrons. The molecule has 1 aliphatic carbocycles. The molecule has 1 N–H and O–H groups in total. The fraction of sp³-hybridized carbons (Fsp3) is 0.357. The summed E-state index contributed by atoms with van der Waals surface area (Å²) in [6.07, 6.45) is 3.52. The minimum absolute atomic E-state index is 0.807. The predicted octanol–water partition coefficient (Wildman–Crippen LogP) is 2.53. The first kappa shape index (κ1) is 11.8. The van der Waals surface area contributed by atoms with E-state index < -0.39 is 0 Å². The Morgan fingerprint density at radius 3 is 3.10 bits per heavy atom. The van der Waals surface area contributed by atoms with Crippen LogP contribution in [0.3, 0.4) is 0 Å². The van der Waals surface area contributed by atoms with E-state index in [1.807, 2.05) is 17.8 Å². The number of fused-ring (bicyclic) bond motifs is 2. The monoisotopic (exact) mass is 285 g/mol. The molecule has 0 spiro atoms. The molecule has 1 aliphatic rings. The van der Waals surface area contributed by atoms with Gasteiger partial charge in [-0.2, -0.15) is 13.8 Å². The molecule has 20 heavy (non-hydrogen) atoms. The van der Waals surface area contributed by atoms with Gasteiger partial charge in [-0.1, -0.05) is 0 Å². The van der Waals surface area contributed by atoms with E-state index in [2.05, 4.69) is 31.3 Å². The molecule has 6 heteroatoms. The standard InChI is InChI=1S/C14H15N5S/c1-19-14(10-3-2-4-11(10)16-19)8-15-9-5-6-12-13(7-9)18-20-17-12/h5-7,15H,2-4,8H2,1H3. The van der Waals surface area contributed by atoms with Crippen molar-refractivity contribution in [2.24, 2.45) is 7.05 Å². The van der Waals surface area contributed by atoms with Gasteiger partial charge >= 0.3 is 0 Å². The highest BCUT2D eigenvalue weighted by atomic mass is 32.1. The van der Waals surface area contributed by atoms with Crippen molar-refractivity contribution in [3.05, 3.63) is 35.2 Å². The van der Waals surface area contributed by atoms with Gasteiger partial charge in [-0.3, -0.25) is 4.68 Å². The summed E-state index contributed by atoms with van der Waals surface area (Å²) in [6, 6.07) is 6.12. The van der Waals surface area contributed by atoms with E-state index in [1.54, 1.807) is 0 Å². The molecule has 102 valence electrons. The van der Waals surface area contributed by atoms with Crippen molar-refractivity contribution in [3.8, 4) is 0 Å². The maximum absolute atomic E-state index is 4.60. The number of aromatic nitrogens is 4. The van der Waals surface area contributed by atoms with Crippen LogP contribution in [0.2, 0.25) is 0 Å². The van der Waals surface area contributed by atoms with Gasteiger partial charge in [-0.25, -0.2) is 0 Å². The Kier molecular flexibility index (Phi) is 2.70. The second kappa shape index (κ2) is 4.56. The van der Waals surface area contributed by atoms with Gasteiger partial charge in [0.15, 0.2) is 0 Å². The number of hydrogen-bond donors (Lipinski definition) is 1. The van der Waals surface area contributed by atoms with E-state index >= 15 is 0 Å². The van der Waals surface area contributed by atoms with Crippen LogP contribution in [0, 0.1) is 0 Å². The molecule has 0 bridgehead atoms. The Bertz CT molecular complexity index is 773. The first-order valence-electron chi connectivity index (χ1n) is 6.81. The first-order valence-corrected chi connectivity index (χ1v) is 7.54. The zero-order valence-corrected chi connectivity index (χ0v) is 12.1. The van der Waals surface area contributed by atoms with Crippen molar-refractivity contribution in [1.82, 2.24) is 18.5 Å². The van der Waals surface area contributed by atoms with E-state index in [0.717, 1.165) is 36.1 Å². The van der Waals surface area contributed by atoms with Crippen molar-refractivity contribution in [3.63, 3.8) is 0 Å². The third-order valence-electron chi connectivity index (χ3n) is 3.91. The largest absolute Gasteiger partial charge is 0.379 e. The number of anilines is 1. The third-order valence-corrected chi connectivity index (χ3v) is 4.47. The second-order valence-electron chi connectivity index (χ2n) is 5.17. The van der Waals surface area contributed by atoms with Crippen molar-refractivity contribution < 1.29 is 0 Å². The molecule has 0 saturated carbocycles. The zero-order chi connectivity index (χ0) is 13.5. The maximum Gasteiger partial charge on any atom is 0.106 e. The Morgan fingerprint density at radius 2 is 2.15 bits per heavy atom. The Balaban J connectivity index is 1.58. The maximum atomic E-state index is 4.60. The van der Waals surface area contributed by atoms with E-state index in [0.29, 0.717) is 0 Å². The van der Waals surface area contributed by atoms with Crippen LogP contribution < -0.4 is 5.32 Å². The molecule has 0 amide bonds. The summed E-state index contributed by atoms with van der Waals surface area (Å²) in [5.41, 5.74) is 7.02. The zero-order valence-electron chi connectivity index (χ0n) is 11.3. The summed E-state index contributed by atoms with van der Waals surface area (Å²) >= 11 is 1.25. The van der Waals surface area contributed by atoms with E-state index in [1.165, 1.54) is 35.1 Å². The van der Waals surface area contributed by atoms with Gasteiger partial charge in [0.1, 0.15) is 11.0 Å². The van der Waals surface area contributed by atoms with Crippen molar-refractivity contribution >= 4 is 28.4 Å². The van der Waals surface area contributed by atoms with Crippen LogP contribution in [0.4, 0.5) is 5.69 Å². The van der Waals surface area contributed by atoms with E-state index in [-0.39, 0.29) is 0 Å². The molecular formula is C14H15N5S. The normalized spacial score (nSPS) is 13.8. The summed E-state index contributed by atoms with van der Waals surface area (Å²) in [6.45, 7) is 0.807. The number of benzene rings is 1. The van der Waals surface area contributed by atoms with Crippen LogP contribution >= 0.6 is 11.7 Å². The van der Waals surface area contributed by atoms with Crippen molar-refractivity contribution in [2.45, 2.75) is 25.8 Å². The lowest BCUT2D eigenvalue weighted by Gasteiger charge is -2.08. The number of nitrogens with one attached hydrogen (secondary N) is 1. The van der Waals surface area contributed by atoms with E-state index in [4.69, 9.17) is 0 Å². The number of nitrogens with zero attached hydrogens (tertiary/aromatic N) is 4. The molecule has 0 fully saturated rings. The minimum atomic E-state index is 0.807. The summed E-state index contributed by atoms with van der Waals surface area (Å²) in [7, 11) is 2.03. The highest BCUT2D eigenvalue weighted by Gasteiger charge is 2.20. The molecule has 5 nitrogen and oxygen atoms in total. The van der Waals surface area contributed by atoms with Gasteiger partial charge in [0.05, 0.1) is 29.7 Å². The lowest BCUT2D eigenvalue weighted by Crippen LogP contribution is -2.07. The lowest BCUT2D eigenvalue weighted by molar-refractivity contribution is 0.688. The average Bonchev–Trinajstić information content (AvgIpc) is 3.12. The number of aryl methyl sites for hydroxylation is 2. The second-order valence-corrected chi connectivity index (χ2v) is 5.70. The van der Waals surface area contributed by atoms with Crippen molar-refractivity contribution in [1.29, 1.82) is 0 Å². The SMILES string of the molecule is Cn1nc2c(c1CNc1ccc3nsnc3c1)CCC2. The third kappa shape index (κ3) is 1.87. The number of hydrogen-bond acceptors (Lipinski definition) is 5. The van der Waals surface area contributed by atoms with Gasteiger partial charge in [-0.05, 0) is 43.0 Å². The summed E-state index contributed by atoms with van der Waals surface area (Å²) < 4.78 is 10.5. The topological polar surface area (TPSA) is 55.6 Å². The fourth-order valence-electron chi connectivity index (χ4n) is 2.88. The van der Waals surface area contributed by atoms with Crippen LogP contribution in [0.5, 0.6) is 0 Å². The molecule has 2 heterocycles. The molecule has 1 aromatic carbocycles. The van der Waals surface area contributed by atoms with Crippen LogP contribution in [0.1, 0.15) is 23.4 Å². The molecule has 0 aliphatic heterocycles. The van der Waals surface area contributed by atoms with Gasteiger partial charge in [-0.15, -0.1) is 0 Å². The Labute approximate surface area is 121 Å². The highest BCUT2D eigenvalue weighted by molar-refractivity contribution is 7.00. The van der Waals surface area contributed by atoms with Crippen LogP contribution in [0.15, 0.2) is 18.2 Å². The van der Waals surface area contributed by atoms with Gasteiger partial charge in [0.2, 0.25) is 0 Å². The highest BCUT2D eigenvalue weighted by Crippen LogP contribution is 2.25.